The Bertz CT molecular complexity index is 787. The van der Waals surface area contributed by atoms with Gasteiger partial charge in [-0.2, -0.15) is 4.73 Å². The average Bonchev–Trinajstić information content (AvgIpc) is 2.49. The molecule has 3 aromatic rings. The Hall–Kier alpha value is -2.35. The maximum Gasteiger partial charge on any atom is 0.180 e. The van der Waals surface area contributed by atoms with Crippen molar-refractivity contribution in [2.75, 3.05) is 0 Å². The largest absolute Gasteiger partial charge is 0.619 e. The van der Waals surface area contributed by atoms with Gasteiger partial charge in [-0.05, 0) is 73.2 Å². The summed E-state index contributed by atoms with van der Waals surface area (Å²) in [6.45, 7) is 11.0. The van der Waals surface area contributed by atoms with Gasteiger partial charge >= 0.3 is 0 Å². The summed E-state index contributed by atoms with van der Waals surface area (Å²) in [7, 11) is 0. The van der Waals surface area contributed by atoms with Crippen LogP contribution in [0.1, 0.15) is 27.8 Å². The SMILES string of the molecule is Cc1cc2cc(C)c(C)c(C)c2cc1C.[O-][n+]1ccccc1. The second kappa shape index (κ2) is 6.61. The first-order chi connectivity index (χ1) is 10.4. The number of aryl methyl sites for hydroxylation is 4. The van der Waals surface area contributed by atoms with E-state index in [1.165, 1.54) is 51.0 Å². The molecule has 0 amide bonds. The van der Waals surface area contributed by atoms with Crippen molar-refractivity contribution in [1.82, 2.24) is 0 Å². The zero-order valence-corrected chi connectivity index (χ0v) is 14.0. The fraction of sp³-hybridized carbons (Fsp3) is 0.250. The van der Waals surface area contributed by atoms with Crippen LogP contribution in [-0.2, 0) is 0 Å². The predicted molar refractivity (Wildman–Crippen MR) is 93.0 cm³/mol. The summed E-state index contributed by atoms with van der Waals surface area (Å²) in [5.41, 5.74) is 7.00. The van der Waals surface area contributed by atoms with Crippen molar-refractivity contribution >= 4 is 10.8 Å². The summed E-state index contributed by atoms with van der Waals surface area (Å²) in [5, 5.41) is 13.0. The fourth-order valence-electron chi connectivity index (χ4n) is 2.50. The van der Waals surface area contributed by atoms with Gasteiger partial charge in [-0.15, -0.1) is 0 Å². The first-order valence-corrected chi connectivity index (χ1v) is 7.51. The molecule has 0 saturated carbocycles. The van der Waals surface area contributed by atoms with Crippen molar-refractivity contribution in [1.29, 1.82) is 0 Å². The minimum absolute atomic E-state index is 0.750. The maximum absolute atomic E-state index is 10.2. The van der Waals surface area contributed by atoms with Crippen molar-refractivity contribution in [2.45, 2.75) is 34.6 Å². The first kappa shape index (κ1) is 16.0. The second-order valence-corrected chi connectivity index (χ2v) is 5.84. The molecule has 2 nitrogen and oxygen atoms in total. The van der Waals surface area contributed by atoms with Gasteiger partial charge in [0.25, 0.3) is 0 Å². The molecule has 0 N–H and O–H groups in total. The highest BCUT2D eigenvalue weighted by atomic mass is 16.5. The van der Waals surface area contributed by atoms with E-state index < -0.39 is 0 Å². The van der Waals surface area contributed by atoms with Crippen LogP contribution in [0.3, 0.4) is 0 Å². The van der Waals surface area contributed by atoms with Crippen molar-refractivity contribution in [2.24, 2.45) is 0 Å². The highest BCUT2D eigenvalue weighted by molar-refractivity contribution is 5.88. The number of rotatable bonds is 0. The van der Waals surface area contributed by atoms with Gasteiger partial charge in [0.15, 0.2) is 12.4 Å². The zero-order valence-electron chi connectivity index (χ0n) is 14.0. The maximum atomic E-state index is 10.2. The topological polar surface area (TPSA) is 26.9 Å². The molecular formula is C20H23NO. The van der Waals surface area contributed by atoms with Crippen LogP contribution in [0.5, 0.6) is 0 Å². The number of nitrogens with zero attached hydrogens (tertiary/aromatic N) is 1. The van der Waals surface area contributed by atoms with Crippen LogP contribution in [-0.4, -0.2) is 0 Å². The molecule has 0 saturated heterocycles. The fourth-order valence-corrected chi connectivity index (χ4v) is 2.50. The van der Waals surface area contributed by atoms with Crippen molar-refractivity contribution in [3.63, 3.8) is 0 Å². The van der Waals surface area contributed by atoms with Gasteiger partial charge in [0.1, 0.15) is 0 Å². The molecule has 0 unspecified atom stereocenters. The summed E-state index contributed by atoms with van der Waals surface area (Å²) < 4.78 is 0.750. The molecule has 2 heteroatoms. The first-order valence-electron chi connectivity index (χ1n) is 7.51. The zero-order chi connectivity index (χ0) is 16.3. The summed E-state index contributed by atoms with van der Waals surface area (Å²) in [6, 6.07) is 12.1. The molecule has 0 fully saturated rings. The Kier molecular flexibility index (Phi) is 4.81. The van der Waals surface area contributed by atoms with Gasteiger partial charge in [-0.1, -0.05) is 24.3 Å². The normalized spacial score (nSPS) is 10.2. The number of aromatic nitrogens is 1. The Balaban J connectivity index is 0.000000211. The quantitative estimate of drug-likeness (QED) is 0.436. The highest BCUT2D eigenvalue weighted by Crippen LogP contribution is 2.27. The molecule has 0 radical (unpaired) electrons. The van der Waals surface area contributed by atoms with E-state index in [-0.39, 0.29) is 0 Å². The number of pyridine rings is 1. The van der Waals surface area contributed by atoms with Crippen molar-refractivity contribution in [3.8, 4) is 0 Å². The molecule has 3 rings (SSSR count). The predicted octanol–water partition coefficient (Wildman–Crippen LogP) is 4.70. The van der Waals surface area contributed by atoms with Crippen LogP contribution in [0.4, 0.5) is 0 Å². The molecule has 0 spiro atoms. The number of hydrogen-bond donors (Lipinski definition) is 0. The third-order valence-electron chi connectivity index (χ3n) is 4.28. The van der Waals surface area contributed by atoms with Gasteiger partial charge in [-0.25, -0.2) is 0 Å². The van der Waals surface area contributed by atoms with E-state index in [4.69, 9.17) is 0 Å². The summed E-state index contributed by atoms with van der Waals surface area (Å²) in [6.07, 6.45) is 2.89. The third-order valence-corrected chi connectivity index (χ3v) is 4.28. The lowest BCUT2D eigenvalue weighted by atomic mass is 9.94. The average molecular weight is 293 g/mol. The molecular weight excluding hydrogens is 270 g/mol. The molecule has 0 aliphatic rings. The Morgan fingerprint density at radius 3 is 1.77 bits per heavy atom. The van der Waals surface area contributed by atoms with E-state index in [1.54, 1.807) is 18.2 Å². The molecule has 1 aromatic heterocycles. The van der Waals surface area contributed by atoms with Crippen molar-refractivity contribution < 1.29 is 4.73 Å². The van der Waals surface area contributed by atoms with Crippen LogP contribution >= 0.6 is 0 Å². The molecule has 1 heterocycles. The van der Waals surface area contributed by atoms with Gasteiger partial charge < -0.3 is 5.21 Å². The number of benzene rings is 2. The van der Waals surface area contributed by atoms with Crippen LogP contribution in [0.15, 0.2) is 48.8 Å². The standard InChI is InChI=1S/C15H18.C5H5NO/c1-9-6-14-7-11(3)12(4)13(5)15(14)8-10(9)2;7-6-4-2-1-3-5-6/h6-8H,1-5H3;1-5H. The van der Waals surface area contributed by atoms with E-state index in [0.29, 0.717) is 0 Å². The Morgan fingerprint density at radius 2 is 1.23 bits per heavy atom. The van der Waals surface area contributed by atoms with Crippen molar-refractivity contribution in [3.05, 3.63) is 81.8 Å². The molecule has 0 atom stereocenters. The van der Waals surface area contributed by atoms with E-state index >= 15 is 0 Å². The van der Waals surface area contributed by atoms with E-state index in [1.807, 2.05) is 0 Å². The smallest absolute Gasteiger partial charge is 0.180 e. The van der Waals surface area contributed by atoms with Gasteiger partial charge in [0, 0.05) is 12.1 Å². The minimum Gasteiger partial charge on any atom is -0.619 e. The Labute approximate surface area is 132 Å². The van der Waals surface area contributed by atoms with Gasteiger partial charge in [0.2, 0.25) is 0 Å². The monoisotopic (exact) mass is 293 g/mol. The van der Waals surface area contributed by atoms with Gasteiger partial charge in [0.05, 0.1) is 0 Å². The lowest BCUT2D eigenvalue weighted by Gasteiger charge is -2.11. The minimum atomic E-state index is 0.750. The van der Waals surface area contributed by atoms with Gasteiger partial charge in [-0.3, -0.25) is 0 Å². The summed E-state index contributed by atoms with van der Waals surface area (Å²) in [5.74, 6) is 0. The molecule has 2 aromatic carbocycles. The van der Waals surface area contributed by atoms with Crippen LogP contribution in [0.2, 0.25) is 0 Å². The van der Waals surface area contributed by atoms with Crippen LogP contribution < -0.4 is 4.73 Å². The lowest BCUT2D eigenvalue weighted by Crippen LogP contribution is -2.22. The molecule has 0 aliphatic carbocycles. The van der Waals surface area contributed by atoms with E-state index in [0.717, 1.165) is 4.73 Å². The molecule has 0 aliphatic heterocycles. The summed E-state index contributed by atoms with van der Waals surface area (Å²) >= 11 is 0. The number of fused-ring (bicyclic) bond motifs is 1. The third kappa shape index (κ3) is 3.45. The lowest BCUT2D eigenvalue weighted by molar-refractivity contribution is -0.605. The van der Waals surface area contributed by atoms with Crippen LogP contribution in [0.25, 0.3) is 10.8 Å². The molecule has 114 valence electrons. The molecule has 22 heavy (non-hydrogen) atoms. The highest BCUT2D eigenvalue weighted by Gasteiger charge is 2.05. The van der Waals surface area contributed by atoms with E-state index in [9.17, 15) is 5.21 Å². The number of hydrogen-bond acceptors (Lipinski definition) is 1. The summed E-state index contributed by atoms with van der Waals surface area (Å²) in [4.78, 5) is 0. The second-order valence-electron chi connectivity index (χ2n) is 5.84. The molecule has 0 bridgehead atoms. The Morgan fingerprint density at radius 1 is 0.682 bits per heavy atom. The van der Waals surface area contributed by atoms with E-state index in [2.05, 4.69) is 52.8 Å². The van der Waals surface area contributed by atoms with Crippen LogP contribution in [0, 0.1) is 39.8 Å².